The van der Waals surface area contributed by atoms with Crippen molar-refractivity contribution >= 4 is 36.4 Å². The Balaban J connectivity index is -0.000000120. The molecule has 0 aromatic rings. The van der Waals surface area contributed by atoms with Crippen LogP contribution in [0.5, 0.6) is 0 Å². The number of hydrogen-bond acceptors (Lipinski definition) is 6. The first kappa shape index (κ1) is 43.9. The molecule has 0 saturated carbocycles. The van der Waals surface area contributed by atoms with Gasteiger partial charge < -0.3 is 59.4 Å². The first-order chi connectivity index (χ1) is 9.27. The van der Waals surface area contributed by atoms with Crippen molar-refractivity contribution in [3.05, 3.63) is 0 Å². The molecule has 0 heterocycles. The van der Waals surface area contributed by atoms with Crippen molar-refractivity contribution < 1.29 is 62.2 Å². The zero-order valence-corrected chi connectivity index (χ0v) is 14.4. The average molecular weight is 415 g/mol. The maximum Gasteiger partial charge on any atom is 0.322 e. The lowest BCUT2D eigenvalue weighted by Gasteiger charge is -2.16. The predicted octanol–water partition coefficient (Wildman–Crippen LogP) is -7.15. The van der Waals surface area contributed by atoms with Gasteiger partial charge in [0.1, 0.15) is 18.6 Å². The minimum atomic E-state index is -1.22. The summed E-state index contributed by atoms with van der Waals surface area (Å²) in [7, 11) is 0. The monoisotopic (exact) mass is 415 g/mol. The Hall–Kier alpha value is -2.05. The van der Waals surface area contributed by atoms with Crippen LogP contribution in [0.4, 0.5) is 0 Å². The van der Waals surface area contributed by atoms with Gasteiger partial charge in [0.15, 0.2) is 0 Å². The molecule has 0 aromatic heterocycles. The topological polar surface area (TPSA) is 348 Å². The number of rotatable bonds is 9. The summed E-state index contributed by atoms with van der Waals surface area (Å²) in [4.78, 5) is 43.7. The smallest absolute Gasteiger partial charge is 0.322 e. The van der Waals surface area contributed by atoms with Crippen molar-refractivity contribution in [3.63, 3.8) is 0 Å². The molecule has 0 aliphatic rings. The van der Waals surface area contributed by atoms with E-state index in [9.17, 15) is 19.2 Å². The van der Waals surface area contributed by atoms with Crippen LogP contribution < -0.4 is 16.4 Å². The van der Waals surface area contributed by atoms with Gasteiger partial charge >= 0.3 is 11.9 Å². The minimum absolute atomic E-state index is 0. The van der Waals surface area contributed by atoms with Crippen LogP contribution in [0.1, 0.15) is 12.8 Å². The third kappa shape index (κ3) is 20.0. The molecular weight excluding hydrogens is 386 g/mol. The molecule has 16 heteroatoms. The lowest BCUT2D eigenvalue weighted by atomic mass is 10.1. The highest BCUT2D eigenvalue weighted by molar-refractivity contribution is 7.80. The zero-order valence-electron chi connectivity index (χ0n) is 13.5. The molecular formula is C10H29N3O12S. The zero-order chi connectivity index (χ0) is 15.7. The molecule has 2 amide bonds. The van der Waals surface area contributed by atoms with E-state index in [0.717, 1.165) is 0 Å². The molecule has 26 heavy (non-hydrogen) atoms. The molecule has 18 N–H and O–H groups in total. The second-order valence-electron chi connectivity index (χ2n) is 3.90. The van der Waals surface area contributed by atoms with E-state index < -0.39 is 42.4 Å². The standard InChI is InChI=1S/C10H17N3O6S.6H2O/c11-5(10(18)19)1-2-7(14)13-6(4-20)9(17)12-3-8(15)16;;;;;;/h5-6,20H,1-4,11H2,(H,12,17)(H,13,14)(H,15,16)(H,18,19);6*1H2/t5-,6+;;;;;;/m1....../s1. The molecule has 0 saturated heterocycles. The van der Waals surface area contributed by atoms with E-state index in [1.807, 2.05) is 0 Å². The van der Waals surface area contributed by atoms with E-state index in [0.29, 0.717) is 0 Å². The second kappa shape index (κ2) is 22.9. The number of aliphatic carboxylic acids is 2. The molecule has 0 aliphatic heterocycles. The molecule has 0 aromatic carbocycles. The maximum absolute atomic E-state index is 11.5. The van der Waals surface area contributed by atoms with Crippen molar-refractivity contribution in [2.45, 2.75) is 24.9 Å². The summed E-state index contributed by atoms with van der Waals surface area (Å²) in [6.07, 6.45) is -0.235. The molecule has 0 fully saturated rings. The Bertz CT molecular complexity index is 397. The molecule has 15 nitrogen and oxygen atoms in total. The maximum atomic E-state index is 11.5. The van der Waals surface area contributed by atoms with Gasteiger partial charge in [-0.05, 0) is 6.42 Å². The lowest BCUT2D eigenvalue weighted by molar-refractivity contribution is -0.139. The number of carboxylic acid groups (broad SMARTS) is 2. The predicted molar refractivity (Wildman–Crippen MR) is 93.0 cm³/mol. The quantitative estimate of drug-likeness (QED) is 0.197. The molecule has 0 spiro atoms. The van der Waals surface area contributed by atoms with Gasteiger partial charge in [-0.1, -0.05) is 0 Å². The van der Waals surface area contributed by atoms with Crippen molar-refractivity contribution in [1.29, 1.82) is 0 Å². The number of hydrogen-bond donors (Lipinski definition) is 6. The fourth-order valence-electron chi connectivity index (χ4n) is 1.16. The number of carboxylic acids is 2. The third-order valence-corrected chi connectivity index (χ3v) is 2.61. The first-order valence-electron chi connectivity index (χ1n) is 5.66. The van der Waals surface area contributed by atoms with E-state index >= 15 is 0 Å². The Kier molecular flexibility index (Phi) is 38.8. The largest absolute Gasteiger partial charge is 0.480 e. The van der Waals surface area contributed by atoms with Crippen LogP contribution in [0.15, 0.2) is 0 Å². The summed E-state index contributed by atoms with van der Waals surface area (Å²) in [5.74, 6) is -3.70. The van der Waals surface area contributed by atoms with E-state index in [1.54, 1.807) is 0 Å². The molecule has 2 atom stereocenters. The molecule has 0 bridgehead atoms. The highest BCUT2D eigenvalue weighted by atomic mass is 32.1. The first-order valence-corrected chi connectivity index (χ1v) is 6.29. The summed E-state index contributed by atoms with van der Waals surface area (Å²) < 4.78 is 0. The van der Waals surface area contributed by atoms with Crippen LogP contribution in [0.2, 0.25) is 0 Å². The van der Waals surface area contributed by atoms with Crippen LogP contribution in [-0.4, -0.2) is 91.2 Å². The summed E-state index contributed by atoms with van der Waals surface area (Å²) in [6, 6.07) is -2.15. The fourth-order valence-corrected chi connectivity index (χ4v) is 1.41. The van der Waals surface area contributed by atoms with Gasteiger partial charge in [-0.3, -0.25) is 19.2 Å². The Morgan fingerprint density at radius 2 is 1.42 bits per heavy atom. The van der Waals surface area contributed by atoms with Gasteiger partial charge in [-0.25, -0.2) is 0 Å². The van der Waals surface area contributed by atoms with Crippen LogP contribution in [0.25, 0.3) is 0 Å². The summed E-state index contributed by atoms with van der Waals surface area (Å²) in [5.41, 5.74) is 5.23. The Morgan fingerprint density at radius 3 is 1.77 bits per heavy atom. The van der Waals surface area contributed by atoms with Crippen LogP contribution in [-0.2, 0) is 19.2 Å². The molecule has 0 aliphatic carbocycles. The number of carbonyl (C=O) groups excluding carboxylic acids is 2. The summed E-state index contributed by atoms with van der Waals surface area (Å²) >= 11 is 3.87. The highest BCUT2D eigenvalue weighted by Crippen LogP contribution is 1.97. The van der Waals surface area contributed by atoms with Crippen molar-refractivity contribution in [1.82, 2.24) is 10.6 Å². The number of amides is 2. The molecule has 0 rings (SSSR count). The number of nitrogens with two attached hydrogens (primary N) is 1. The molecule has 0 radical (unpaired) electrons. The van der Waals surface area contributed by atoms with Crippen molar-refractivity contribution in [2.24, 2.45) is 5.73 Å². The van der Waals surface area contributed by atoms with Crippen LogP contribution >= 0.6 is 12.6 Å². The van der Waals surface area contributed by atoms with Gasteiger partial charge in [-0.15, -0.1) is 0 Å². The number of carbonyl (C=O) groups is 4. The van der Waals surface area contributed by atoms with E-state index in [4.69, 9.17) is 15.9 Å². The highest BCUT2D eigenvalue weighted by Gasteiger charge is 2.20. The summed E-state index contributed by atoms with van der Waals surface area (Å²) in [6.45, 7) is -0.567. The SMILES string of the molecule is N[C@H](CCC(=O)N[C@@H](CS)C(=O)NCC(=O)O)C(=O)O.O.O.O.O.O.O. The Labute approximate surface area is 153 Å². The van der Waals surface area contributed by atoms with E-state index in [1.165, 1.54) is 0 Å². The summed E-state index contributed by atoms with van der Waals surface area (Å²) in [5, 5.41) is 21.4. The number of nitrogens with one attached hydrogen (secondary N) is 2. The average Bonchev–Trinajstić information content (AvgIpc) is 2.38. The minimum Gasteiger partial charge on any atom is -0.480 e. The molecule has 162 valence electrons. The van der Waals surface area contributed by atoms with E-state index in [-0.39, 0.29) is 51.5 Å². The van der Waals surface area contributed by atoms with Gasteiger partial charge in [0.2, 0.25) is 11.8 Å². The van der Waals surface area contributed by atoms with E-state index in [2.05, 4.69) is 23.3 Å². The van der Waals surface area contributed by atoms with Crippen LogP contribution in [0.3, 0.4) is 0 Å². The number of thiol groups is 1. The van der Waals surface area contributed by atoms with Gasteiger partial charge in [0.05, 0.1) is 0 Å². The van der Waals surface area contributed by atoms with Crippen LogP contribution in [0, 0.1) is 0 Å². The van der Waals surface area contributed by atoms with Gasteiger partial charge in [0, 0.05) is 12.2 Å². The lowest BCUT2D eigenvalue weighted by Crippen LogP contribution is -2.49. The van der Waals surface area contributed by atoms with Gasteiger partial charge in [-0.2, -0.15) is 12.6 Å². The Morgan fingerprint density at radius 1 is 0.962 bits per heavy atom. The van der Waals surface area contributed by atoms with Gasteiger partial charge in [0.25, 0.3) is 0 Å². The van der Waals surface area contributed by atoms with Crippen molar-refractivity contribution in [3.8, 4) is 0 Å². The van der Waals surface area contributed by atoms with Crippen molar-refractivity contribution in [2.75, 3.05) is 12.3 Å². The molecule has 0 unspecified atom stereocenters. The fraction of sp³-hybridized carbons (Fsp3) is 0.600. The third-order valence-electron chi connectivity index (χ3n) is 2.25. The second-order valence-corrected chi connectivity index (χ2v) is 4.26. The normalized spacial score (nSPS) is 10.1.